The highest BCUT2D eigenvalue weighted by molar-refractivity contribution is 7.16. The molecule has 0 spiro atoms. The molecule has 0 bridgehead atoms. The average molecular weight is 406 g/mol. The van der Waals surface area contributed by atoms with Crippen LogP contribution in [0.5, 0.6) is 11.5 Å². The van der Waals surface area contributed by atoms with Crippen LogP contribution in [0.15, 0.2) is 18.2 Å². The molecule has 0 aliphatic carbocycles. The third-order valence-corrected chi connectivity index (χ3v) is 5.24. The van der Waals surface area contributed by atoms with Gasteiger partial charge >= 0.3 is 5.97 Å². The molecule has 2 rings (SSSR count). The van der Waals surface area contributed by atoms with Crippen LogP contribution in [0.2, 0.25) is 0 Å². The van der Waals surface area contributed by atoms with E-state index in [2.05, 4.69) is 5.32 Å². The van der Waals surface area contributed by atoms with Crippen molar-refractivity contribution in [3.8, 4) is 11.5 Å². The average Bonchev–Trinajstić information content (AvgIpc) is 2.95. The number of nitrogens with one attached hydrogen (secondary N) is 1. The second-order valence-corrected chi connectivity index (χ2v) is 7.79. The van der Waals surface area contributed by atoms with E-state index in [1.54, 1.807) is 40.2 Å². The number of ether oxygens (including phenoxy) is 3. The zero-order valence-corrected chi connectivity index (χ0v) is 18.0. The molecule has 0 fully saturated rings. The summed E-state index contributed by atoms with van der Waals surface area (Å²) in [7, 11) is 3.11. The number of amides is 1. The van der Waals surface area contributed by atoms with Crippen molar-refractivity contribution in [1.82, 2.24) is 0 Å². The van der Waals surface area contributed by atoms with Crippen molar-refractivity contribution in [3.63, 3.8) is 0 Å². The zero-order valence-electron chi connectivity index (χ0n) is 17.2. The molecule has 152 valence electrons. The maximum Gasteiger partial charge on any atom is 0.341 e. The highest BCUT2D eigenvalue weighted by atomic mass is 32.1. The van der Waals surface area contributed by atoms with E-state index >= 15 is 0 Å². The van der Waals surface area contributed by atoms with Gasteiger partial charge in [0.2, 0.25) is 5.91 Å². The Bertz CT molecular complexity index is 857. The lowest BCUT2D eigenvalue weighted by Crippen LogP contribution is -2.18. The highest BCUT2D eigenvalue weighted by Gasteiger charge is 2.24. The molecule has 0 saturated carbocycles. The van der Waals surface area contributed by atoms with Gasteiger partial charge in [-0.2, -0.15) is 0 Å². The van der Waals surface area contributed by atoms with E-state index in [1.165, 1.54) is 11.3 Å². The van der Waals surface area contributed by atoms with E-state index < -0.39 is 5.97 Å². The third-order valence-electron chi connectivity index (χ3n) is 4.17. The number of rotatable bonds is 8. The first-order valence-corrected chi connectivity index (χ1v) is 9.96. The fourth-order valence-electron chi connectivity index (χ4n) is 2.93. The number of methoxy groups -OCH3 is 2. The third kappa shape index (κ3) is 5.04. The predicted molar refractivity (Wildman–Crippen MR) is 111 cm³/mol. The molecular formula is C21H27NO5S. The first kappa shape index (κ1) is 21.8. The van der Waals surface area contributed by atoms with Gasteiger partial charge in [-0.05, 0) is 50.5 Å². The van der Waals surface area contributed by atoms with Gasteiger partial charge in [0.1, 0.15) is 5.00 Å². The number of hydrogen-bond acceptors (Lipinski definition) is 6. The molecule has 1 aromatic carbocycles. The van der Waals surface area contributed by atoms with Crippen LogP contribution in [0, 0.1) is 6.92 Å². The van der Waals surface area contributed by atoms with Crippen LogP contribution in [0.1, 0.15) is 47.1 Å². The van der Waals surface area contributed by atoms with Crippen molar-refractivity contribution < 1.29 is 23.8 Å². The van der Waals surface area contributed by atoms with Gasteiger partial charge in [-0.15, -0.1) is 11.3 Å². The van der Waals surface area contributed by atoms with E-state index in [0.717, 1.165) is 16.0 Å². The van der Waals surface area contributed by atoms with Gasteiger partial charge in [0, 0.05) is 4.88 Å². The summed E-state index contributed by atoms with van der Waals surface area (Å²) in [4.78, 5) is 26.2. The maximum absolute atomic E-state index is 12.6. The fourth-order valence-corrected chi connectivity index (χ4v) is 4.08. The smallest absolute Gasteiger partial charge is 0.341 e. The molecule has 7 heteroatoms. The minimum Gasteiger partial charge on any atom is -0.493 e. The molecule has 28 heavy (non-hydrogen) atoms. The second-order valence-electron chi connectivity index (χ2n) is 6.56. The van der Waals surface area contributed by atoms with Crippen molar-refractivity contribution in [2.45, 2.75) is 46.6 Å². The van der Waals surface area contributed by atoms with E-state index in [4.69, 9.17) is 14.2 Å². The Morgan fingerprint density at radius 1 is 1.14 bits per heavy atom. The van der Waals surface area contributed by atoms with Crippen LogP contribution >= 0.6 is 11.3 Å². The summed E-state index contributed by atoms with van der Waals surface area (Å²) < 4.78 is 15.9. The minimum atomic E-state index is -0.405. The van der Waals surface area contributed by atoms with Gasteiger partial charge < -0.3 is 19.5 Å². The molecule has 1 N–H and O–H groups in total. The Balaban J connectivity index is 2.23. The Hall–Kier alpha value is -2.54. The topological polar surface area (TPSA) is 73.9 Å². The van der Waals surface area contributed by atoms with E-state index in [1.807, 2.05) is 19.9 Å². The number of benzene rings is 1. The lowest BCUT2D eigenvalue weighted by atomic mass is 10.1. The molecule has 1 aromatic heterocycles. The summed E-state index contributed by atoms with van der Waals surface area (Å²) in [6.07, 6.45) is 0.612. The standard InChI is InChI=1S/C21H27NO5S/c1-7-15-13(4)28-20(19(15)21(24)27-12(2)3)22-18(23)11-14-8-9-16(25-5)17(10-14)26-6/h8-10,12H,7,11H2,1-6H3,(H,22,23). The Kier molecular flexibility index (Phi) is 7.45. The molecule has 0 unspecified atom stereocenters. The number of anilines is 1. The fraction of sp³-hybridized carbons (Fsp3) is 0.429. The summed E-state index contributed by atoms with van der Waals surface area (Å²) in [5.74, 6) is 0.549. The summed E-state index contributed by atoms with van der Waals surface area (Å²) in [6, 6.07) is 5.34. The molecule has 1 heterocycles. The van der Waals surface area contributed by atoms with Crippen LogP contribution < -0.4 is 14.8 Å². The summed E-state index contributed by atoms with van der Waals surface area (Å²) in [5.41, 5.74) is 2.15. The summed E-state index contributed by atoms with van der Waals surface area (Å²) >= 11 is 1.40. The highest BCUT2D eigenvalue weighted by Crippen LogP contribution is 2.34. The molecule has 0 aliphatic rings. The summed E-state index contributed by atoms with van der Waals surface area (Å²) in [6.45, 7) is 7.53. The number of carbonyl (C=O) groups is 2. The van der Waals surface area contributed by atoms with Crippen LogP contribution in [-0.4, -0.2) is 32.2 Å². The Labute approximate surface area is 169 Å². The van der Waals surface area contributed by atoms with Crippen molar-refractivity contribution >= 4 is 28.2 Å². The number of carbonyl (C=O) groups excluding carboxylic acids is 2. The van der Waals surface area contributed by atoms with Crippen molar-refractivity contribution in [3.05, 3.63) is 39.8 Å². The quantitative estimate of drug-likeness (QED) is 0.660. The van der Waals surface area contributed by atoms with Crippen LogP contribution in [0.3, 0.4) is 0 Å². The first-order valence-electron chi connectivity index (χ1n) is 9.14. The van der Waals surface area contributed by atoms with Gasteiger partial charge in [-0.3, -0.25) is 4.79 Å². The molecule has 0 aliphatic heterocycles. The van der Waals surface area contributed by atoms with Gasteiger partial charge in [-0.25, -0.2) is 4.79 Å². The van der Waals surface area contributed by atoms with Gasteiger partial charge in [0.25, 0.3) is 0 Å². The van der Waals surface area contributed by atoms with Crippen molar-refractivity contribution in [2.75, 3.05) is 19.5 Å². The molecule has 0 atom stereocenters. The lowest BCUT2D eigenvalue weighted by Gasteiger charge is -2.12. The lowest BCUT2D eigenvalue weighted by molar-refractivity contribution is -0.115. The number of aryl methyl sites for hydroxylation is 1. The number of thiophene rings is 1. The predicted octanol–water partition coefficient (Wildman–Crippen LogP) is 4.38. The zero-order chi connectivity index (χ0) is 20.8. The number of esters is 1. The van der Waals surface area contributed by atoms with Crippen molar-refractivity contribution in [2.24, 2.45) is 0 Å². The van der Waals surface area contributed by atoms with E-state index in [0.29, 0.717) is 28.5 Å². The van der Waals surface area contributed by atoms with Gasteiger partial charge in [0.15, 0.2) is 11.5 Å². The SMILES string of the molecule is CCc1c(C)sc(NC(=O)Cc2ccc(OC)c(OC)c2)c1C(=O)OC(C)C. The monoisotopic (exact) mass is 405 g/mol. The van der Waals surface area contributed by atoms with E-state index in [9.17, 15) is 9.59 Å². The van der Waals surface area contributed by atoms with Crippen LogP contribution in [-0.2, 0) is 22.4 Å². The van der Waals surface area contributed by atoms with Gasteiger partial charge in [-0.1, -0.05) is 13.0 Å². The Morgan fingerprint density at radius 3 is 2.39 bits per heavy atom. The molecular weight excluding hydrogens is 378 g/mol. The summed E-state index contributed by atoms with van der Waals surface area (Å²) in [5, 5.41) is 3.41. The van der Waals surface area contributed by atoms with Crippen LogP contribution in [0.4, 0.5) is 5.00 Å². The second kappa shape index (κ2) is 9.59. The van der Waals surface area contributed by atoms with Crippen LogP contribution in [0.25, 0.3) is 0 Å². The van der Waals surface area contributed by atoms with Crippen molar-refractivity contribution in [1.29, 1.82) is 0 Å². The molecule has 0 saturated heterocycles. The molecule has 1 amide bonds. The maximum atomic E-state index is 12.6. The van der Waals surface area contributed by atoms with E-state index in [-0.39, 0.29) is 18.4 Å². The first-order chi connectivity index (χ1) is 13.3. The number of hydrogen-bond donors (Lipinski definition) is 1. The Morgan fingerprint density at radius 2 is 1.82 bits per heavy atom. The normalized spacial score (nSPS) is 10.7. The molecule has 6 nitrogen and oxygen atoms in total. The largest absolute Gasteiger partial charge is 0.493 e. The molecule has 2 aromatic rings. The minimum absolute atomic E-state index is 0.150. The molecule has 0 radical (unpaired) electrons. The van der Waals surface area contributed by atoms with Gasteiger partial charge in [0.05, 0.1) is 32.3 Å².